The molecule has 0 radical (unpaired) electrons. The fraction of sp³-hybridized carbons (Fsp3) is 1.00. The van der Waals surface area contributed by atoms with E-state index < -0.39 is 0 Å². The zero-order chi connectivity index (χ0) is 7.40. The van der Waals surface area contributed by atoms with Gasteiger partial charge in [0.25, 0.3) is 0 Å². The lowest BCUT2D eigenvalue weighted by molar-refractivity contribution is 0.0742. The van der Waals surface area contributed by atoms with Gasteiger partial charge in [-0.05, 0) is 5.92 Å². The number of hydrogen-bond acceptors (Lipinski definition) is 2. The average Bonchev–Trinajstić information content (AvgIpc) is 1.86. The van der Waals surface area contributed by atoms with Gasteiger partial charge < -0.3 is 9.64 Å². The molecular weight excluding hydrogens is 150 g/mol. The van der Waals surface area contributed by atoms with Crippen molar-refractivity contribution in [3.8, 4) is 0 Å². The van der Waals surface area contributed by atoms with Crippen molar-refractivity contribution in [1.29, 1.82) is 0 Å². The third-order valence-electron chi connectivity index (χ3n) is 1.86. The molecule has 0 aliphatic carbocycles. The summed E-state index contributed by atoms with van der Waals surface area (Å²) in [5.74, 6) is 1.54. The van der Waals surface area contributed by atoms with Crippen LogP contribution in [0.15, 0.2) is 0 Å². The maximum Gasteiger partial charge on any atom is 0.0589 e. The van der Waals surface area contributed by atoms with E-state index in [-0.39, 0.29) is 0 Å². The Kier molecular flexibility index (Phi) is 3.46. The lowest BCUT2D eigenvalue weighted by Crippen LogP contribution is -2.48. The topological polar surface area (TPSA) is 12.5 Å². The molecule has 0 unspecified atom stereocenters. The van der Waals surface area contributed by atoms with Crippen molar-refractivity contribution >= 4 is 11.6 Å². The van der Waals surface area contributed by atoms with Crippen molar-refractivity contribution < 1.29 is 4.74 Å². The third-order valence-corrected chi connectivity index (χ3v) is 2.30. The van der Waals surface area contributed by atoms with Crippen LogP contribution >= 0.6 is 11.6 Å². The van der Waals surface area contributed by atoms with Crippen molar-refractivity contribution in [2.75, 3.05) is 39.2 Å². The summed E-state index contributed by atoms with van der Waals surface area (Å²) in [7, 11) is 1.73. The summed E-state index contributed by atoms with van der Waals surface area (Å²) < 4.78 is 4.94. The van der Waals surface area contributed by atoms with Gasteiger partial charge in [0, 0.05) is 32.6 Å². The minimum Gasteiger partial charge on any atom is -0.383 e. The smallest absolute Gasteiger partial charge is 0.0589 e. The molecule has 0 N–H and O–H groups in total. The van der Waals surface area contributed by atoms with Gasteiger partial charge in [-0.25, -0.2) is 0 Å². The molecule has 0 amide bonds. The fourth-order valence-corrected chi connectivity index (χ4v) is 1.37. The first-order valence-corrected chi connectivity index (χ1v) is 4.17. The molecule has 0 aromatic heterocycles. The highest BCUT2D eigenvalue weighted by atomic mass is 35.5. The van der Waals surface area contributed by atoms with Crippen LogP contribution in [0.25, 0.3) is 0 Å². The first kappa shape index (κ1) is 8.31. The third kappa shape index (κ3) is 2.11. The number of methoxy groups -OCH3 is 1. The highest BCUT2D eigenvalue weighted by molar-refractivity contribution is 6.18. The van der Waals surface area contributed by atoms with Crippen molar-refractivity contribution in [3.05, 3.63) is 0 Å². The van der Waals surface area contributed by atoms with Gasteiger partial charge in [-0.2, -0.15) is 0 Å². The van der Waals surface area contributed by atoms with Gasteiger partial charge in [0.1, 0.15) is 0 Å². The van der Waals surface area contributed by atoms with Gasteiger partial charge in [0.05, 0.1) is 6.61 Å². The van der Waals surface area contributed by atoms with E-state index in [0.717, 1.165) is 38.0 Å². The first-order chi connectivity index (χ1) is 4.86. The number of hydrogen-bond donors (Lipinski definition) is 0. The number of rotatable bonds is 4. The number of ether oxygens (including phenoxy) is 1. The summed E-state index contributed by atoms with van der Waals surface area (Å²) in [6.45, 7) is 4.22. The molecule has 1 rings (SSSR count). The summed E-state index contributed by atoms with van der Waals surface area (Å²) in [5.41, 5.74) is 0. The first-order valence-electron chi connectivity index (χ1n) is 3.64. The highest BCUT2D eigenvalue weighted by Crippen LogP contribution is 2.15. The van der Waals surface area contributed by atoms with Crippen LogP contribution < -0.4 is 0 Å². The molecule has 0 saturated carbocycles. The predicted octanol–water partition coefficient (Wildman–Crippen LogP) is 0.803. The van der Waals surface area contributed by atoms with Crippen molar-refractivity contribution in [2.45, 2.75) is 0 Å². The van der Waals surface area contributed by atoms with E-state index in [2.05, 4.69) is 4.90 Å². The molecule has 60 valence electrons. The van der Waals surface area contributed by atoms with Crippen LogP contribution in [0, 0.1) is 5.92 Å². The molecule has 1 aliphatic heterocycles. The summed E-state index contributed by atoms with van der Waals surface area (Å²) in [6, 6.07) is 0. The Bertz CT molecular complexity index is 90.9. The molecular formula is C7H14ClNO. The lowest BCUT2D eigenvalue weighted by Gasteiger charge is -2.37. The second-order valence-corrected chi connectivity index (χ2v) is 3.08. The molecule has 0 aromatic carbocycles. The maximum absolute atomic E-state index is 5.64. The van der Waals surface area contributed by atoms with Crippen molar-refractivity contribution in [3.63, 3.8) is 0 Å². The number of alkyl halides is 1. The Morgan fingerprint density at radius 2 is 2.30 bits per heavy atom. The zero-order valence-electron chi connectivity index (χ0n) is 6.35. The van der Waals surface area contributed by atoms with Gasteiger partial charge in [-0.1, -0.05) is 0 Å². The van der Waals surface area contributed by atoms with Gasteiger partial charge in [-0.15, -0.1) is 11.6 Å². The minimum absolute atomic E-state index is 0.735. The molecule has 0 atom stereocenters. The zero-order valence-corrected chi connectivity index (χ0v) is 7.10. The fourth-order valence-electron chi connectivity index (χ4n) is 1.18. The van der Waals surface area contributed by atoms with E-state index in [0.29, 0.717) is 0 Å². The average molecular weight is 164 g/mol. The van der Waals surface area contributed by atoms with Gasteiger partial charge in [-0.3, -0.25) is 0 Å². The molecule has 1 heterocycles. The van der Waals surface area contributed by atoms with E-state index in [1.165, 1.54) is 0 Å². The molecule has 10 heavy (non-hydrogen) atoms. The summed E-state index contributed by atoms with van der Waals surface area (Å²) in [4.78, 5) is 2.36. The van der Waals surface area contributed by atoms with Gasteiger partial charge in [0.2, 0.25) is 0 Å². The maximum atomic E-state index is 5.64. The number of likely N-dealkylation sites (tertiary alicyclic amines) is 1. The molecule has 1 saturated heterocycles. The van der Waals surface area contributed by atoms with E-state index in [9.17, 15) is 0 Å². The normalized spacial score (nSPS) is 21.0. The van der Waals surface area contributed by atoms with Crippen LogP contribution in [0.4, 0.5) is 0 Å². The number of halogens is 1. The summed E-state index contributed by atoms with van der Waals surface area (Å²) in [5, 5.41) is 0. The SMILES string of the molecule is COCCN1CC(CCl)C1. The Morgan fingerprint density at radius 1 is 1.60 bits per heavy atom. The van der Waals surface area contributed by atoms with Crippen LogP contribution in [0.1, 0.15) is 0 Å². The predicted molar refractivity (Wildman–Crippen MR) is 42.5 cm³/mol. The minimum atomic E-state index is 0.735. The van der Waals surface area contributed by atoms with Gasteiger partial charge in [0.15, 0.2) is 0 Å². The molecule has 0 aromatic rings. The van der Waals surface area contributed by atoms with Crippen molar-refractivity contribution in [1.82, 2.24) is 4.90 Å². The lowest BCUT2D eigenvalue weighted by atomic mass is 10.0. The number of nitrogens with zero attached hydrogens (tertiary/aromatic N) is 1. The molecule has 3 heteroatoms. The monoisotopic (exact) mass is 163 g/mol. The highest BCUT2D eigenvalue weighted by Gasteiger charge is 2.24. The second-order valence-electron chi connectivity index (χ2n) is 2.77. The molecule has 1 aliphatic rings. The Morgan fingerprint density at radius 3 is 2.80 bits per heavy atom. The van der Waals surface area contributed by atoms with E-state index >= 15 is 0 Å². The Balaban J connectivity index is 1.93. The Labute approximate surface area is 67.1 Å². The largest absolute Gasteiger partial charge is 0.383 e. The quantitative estimate of drug-likeness (QED) is 0.569. The molecule has 0 spiro atoms. The van der Waals surface area contributed by atoms with Gasteiger partial charge >= 0.3 is 0 Å². The Hall–Kier alpha value is 0.210. The van der Waals surface area contributed by atoms with Crippen LogP contribution in [0.5, 0.6) is 0 Å². The van der Waals surface area contributed by atoms with E-state index in [1.807, 2.05) is 0 Å². The summed E-state index contributed by atoms with van der Waals surface area (Å²) in [6.07, 6.45) is 0. The standard InChI is InChI=1S/C7H14ClNO/c1-10-3-2-9-5-7(4-8)6-9/h7H,2-6H2,1H3. The van der Waals surface area contributed by atoms with Crippen LogP contribution in [0.2, 0.25) is 0 Å². The molecule has 1 fully saturated rings. The van der Waals surface area contributed by atoms with Crippen molar-refractivity contribution in [2.24, 2.45) is 5.92 Å². The van der Waals surface area contributed by atoms with E-state index in [1.54, 1.807) is 7.11 Å². The second kappa shape index (κ2) is 4.16. The van der Waals surface area contributed by atoms with Crippen LogP contribution in [-0.4, -0.2) is 44.1 Å². The molecule has 2 nitrogen and oxygen atoms in total. The summed E-state index contributed by atoms with van der Waals surface area (Å²) >= 11 is 5.64. The van der Waals surface area contributed by atoms with Crippen LogP contribution in [0.3, 0.4) is 0 Å². The molecule has 0 bridgehead atoms. The van der Waals surface area contributed by atoms with E-state index in [4.69, 9.17) is 16.3 Å². The van der Waals surface area contributed by atoms with Crippen LogP contribution in [-0.2, 0) is 4.74 Å².